The van der Waals surface area contributed by atoms with Gasteiger partial charge < -0.3 is 40.1 Å². The molecule has 0 aliphatic carbocycles. The van der Waals surface area contributed by atoms with Crippen molar-refractivity contribution in [1.82, 2.24) is 30.0 Å². The number of nitrogens with zero attached hydrogens (tertiary/aromatic N) is 3. The minimum atomic E-state index is -1.16. The van der Waals surface area contributed by atoms with E-state index in [1.165, 1.54) is 18.1 Å². The Morgan fingerprint density at radius 2 is 1.84 bits per heavy atom. The van der Waals surface area contributed by atoms with Crippen LogP contribution < -0.4 is 20.6 Å². The molecular formula is C30H38BN7O5. The maximum Gasteiger partial charge on any atom is 0.374 e. The molecule has 2 aromatic carbocycles. The summed E-state index contributed by atoms with van der Waals surface area (Å²) in [5.41, 5.74) is 1.31. The highest BCUT2D eigenvalue weighted by atomic mass is 16.5. The van der Waals surface area contributed by atoms with Crippen LogP contribution in [0.5, 0.6) is 5.75 Å². The largest absolute Gasteiger partial charge is 0.497 e. The summed E-state index contributed by atoms with van der Waals surface area (Å²) in [6, 6.07) is 13.1. The number of aromatic nitrogens is 3. The van der Waals surface area contributed by atoms with Crippen molar-refractivity contribution in [2.45, 2.75) is 44.7 Å². The Balaban J connectivity index is 1.60. The summed E-state index contributed by atoms with van der Waals surface area (Å²) in [4.78, 5) is 49.2. The first-order valence-corrected chi connectivity index (χ1v) is 13.9. The number of H-pyrrole nitrogens is 1. The molecule has 13 heteroatoms. The number of para-hydroxylation sites is 1. The van der Waals surface area contributed by atoms with Gasteiger partial charge in [-0.25, -0.2) is 4.98 Å². The summed E-state index contributed by atoms with van der Waals surface area (Å²) in [5.74, 6) is -0.257. The van der Waals surface area contributed by atoms with Gasteiger partial charge in [0.2, 0.25) is 17.7 Å². The second-order valence-corrected chi connectivity index (χ2v) is 11.1. The average Bonchev–Trinajstić information content (AvgIpc) is 3.59. The minimum Gasteiger partial charge on any atom is -0.497 e. The first-order valence-electron chi connectivity index (χ1n) is 13.9. The maximum atomic E-state index is 13.7. The fraction of sp³-hybridized carbons (Fsp3) is 0.333. The number of benzene rings is 2. The van der Waals surface area contributed by atoms with Gasteiger partial charge in [-0.2, -0.15) is 0 Å². The van der Waals surface area contributed by atoms with Crippen molar-refractivity contribution in [2.75, 3.05) is 26.5 Å². The molecule has 0 spiro atoms. The Kier molecular flexibility index (Phi) is 9.57. The molecule has 2 heterocycles. The number of nitrogens with one attached hydrogen (secondary N) is 4. The molecule has 0 radical (unpaired) electrons. The number of likely N-dealkylation sites (N-methyl/N-ethyl adjacent to an activating group) is 1. The predicted octanol–water partition coefficient (Wildman–Crippen LogP) is 2.20. The van der Waals surface area contributed by atoms with Crippen molar-refractivity contribution in [3.63, 3.8) is 0 Å². The lowest BCUT2D eigenvalue weighted by Crippen LogP contribution is -2.60. The molecule has 0 saturated heterocycles. The Hall–Kier alpha value is -4.62. The van der Waals surface area contributed by atoms with Gasteiger partial charge in [0.05, 0.1) is 19.0 Å². The molecule has 2 atom stereocenters. The second-order valence-electron chi connectivity index (χ2n) is 11.1. The number of fused-ring (bicyclic) bond motifs is 1. The molecule has 0 saturated carbocycles. The number of amides is 3. The van der Waals surface area contributed by atoms with E-state index >= 15 is 0 Å². The van der Waals surface area contributed by atoms with Crippen molar-refractivity contribution in [1.29, 1.82) is 0 Å². The number of hydrogen-bond acceptors (Lipinski definition) is 7. The smallest absolute Gasteiger partial charge is 0.374 e. The number of hydrogen-bond donors (Lipinski definition) is 5. The minimum absolute atomic E-state index is 0.183. The van der Waals surface area contributed by atoms with Crippen molar-refractivity contribution in [3.05, 3.63) is 78.4 Å². The number of ether oxygens (including phenoxy) is 1. The quantitative estimate of drug-likeness (QED) is 0.159. The molecular weight excluding hydrogens is 549 g/mol. The SMILES string of the molecule is COc1ccc(C(C(=O)N(C)C)n2cnc(NC(=O)[C@@H](Cc3c[nH]c4ccccc34)NC(=O)C(C)(C)NB(C)O)c2)cc1. The first kappa shape index (κ1) is 31.3. The van der Waals surface area contributed by atoms with Crippen LogP contribution in [0.2, 0.25) is 6.82 Å². The van der Waals surface area contributed by atoms with E-state index in [4.69, 9.17) is 4.74 Å². The van der Waals surface area contributed by atoms with E-state index in [1.807, 2.05) is 30.5 Å². The van der Waals surface area contributed by atoms with Crippen LogP contribution in [0.1, 0.15) is 31.0 Å². The zero-order chi connectivity index (χ0) is 31.3. The van der Waals surface area contributed by atoms with Gasteiger partial charge in [0.1, 0.15) is 17.8 Å². The van der Waals surface area contributed by atoms with Gasteiger partial charge in [-0.3, -0.25) is 14.4 Å². The molecule has 5 N–H and O–H groups in total. The lowest BCUT2D eigenvalue weighted by atomic mass is 9.83. The van der Waals surface area contributed by atoms with Crippen LogP contribution >= 0.6 is 0 Å². The Morgan fingerprint density at radius 3 is 2.49 bits per heavy atom. The Morgan fingerprint density at radius 1 is 1.14 bits per heavy atom. The third-order valence-corrected chi connectivity index (χ3v) is 7.12. The van der Waals surface area contributed by atoms with Crippen LogP contribution in [0, 0.1) is 0 Å². The van der Waals surface area contributed by atoms with E-state index in [1.54, 1.807) is 70.1 Å². The van der Waals surface area contributed by atoms with Gasteiger partial charge >= 0.3 is 7.05 Å². The second kappa shape index (κ2) is 13.1. The van der Waals surface area contributed by atoms with Crippen LogP contribution in [0.4, 0.5) is 5.82 Å². The lowest BCUT2D eigenvalue weighted by Gasteiger charge is -2.28. The summed E-state index contributed by atoms with van der Waals surface area (Å²) < 4.78 is 6.88. The summed E-state index contributed by atoms with van der Waals surface area (Å²) >= 11 is 0. The topological polar surface area (TPSA) is 154 Å². The van der Waals surface area contributed by atoms with Crippen molar-refractivity contribution >= 4 is 41.5 Å². The summed E-state index contributed by atoms with van der Waals surface area (Å²) in [6.45, 7) is 4.76. The number of rotatable bonds is 12. The molecule has 0 aliphatic heterocycles. The molecule has 12 nitrogen and oxygen atoms in total. The van der Waals surface area contributed by atoms with Crippen molar-refractivity contribution in [3.8, 4) is 5.75 Å². The van der Waals surface area contributed by atoms with Crippen LogP contribution in [0.25, 0.3) is 10.9 Å². The average molecular weight is 587 g/mol. The van der Waals surface area contributed by atoms with Crippen molar-refractivity contribution < 1.29 is 24.1 Å². The van der Waals surface area contributed by atoms with Crippen LogP contribution in [0.3, 0.4) is 0 Å². The number of methoxy groups -OCH3 is 1. The standard InChI is InChI=1S/C30H38BN7O5/c1-30(2,36-31(3)42)29(41)34-24(15-20-16-32-23-10-8-7-9-22(20)23)27(39)35-25-17-38(18-33-25)26(28(40)37(4)5)19-11-13-21(43-6)14-12-19/h7-14,16-18,24,26,32,36,42H,15H2,1-6H3,(H,34,41)(H,35,39)/t24-,26?/m1/s1. The Bertz CT molecular complexity index is 1580. The van der Waals surface area contributed by atoms with Gasteiger partial charge in [0.25, 0.3) is 0 Å². The molecule has 0 bridgehead atoms. The summed E-state index contributed by atoms with van der Waals surface area (Å²) in [7, 11) is 3.98. The first-order chi connectivity index (χ1) is 20.4. The third kappa shape index (κ3) is 7.43. The van der Waals surface area contributed by atoms with Gasteiger partial charge in [0, 0.05) is 43.8 Å². The fourth-order valence-electron chi connectivity index (χ4n) is 4.88. The van der Waals surface area contributed by atoms with Crippen LogP contribution in [0.15, 0.2) is 67.3 Å². The molecule has 2 aromatic heterocycles. The number of carbonyl (C=O) groups is 3. The van der Waals surface area contributed by atoms with Crippen LogP contribution in [-0.4, -0.2) is 82.0 Å². The molecule has 43 heavy (non-hydrogen) atoms. The van der Waals surface area contributed by atoms with Gasteiger partial charge in [-0.15, -0.1) is 0 Å². The number of anilines is 1. The number of imidazole rings is 1. The molecule has 0 fully saturated rings. The molecule has 226 valence electrons. The van der Waals surface area contributed by atoms with E-state index in [-0.39, 0.29) is 18.1 Å². The normalized spacial score (nSPS) is 12.8. The van der Waals surface area contributed by atoms with Gasteiger partial charge in [-0.1, -0.05) is 30.3 Å². The lowest BCUT2D eigenvalue weighted by molar-refractivity contribution is -0.131. The maximum absolute atomic E-state index is 13.7. The summed E-state index contributed by atoms with van der Waals surface area (Å²) in [5, 5.41) is 19.2. The van der Waals surface area contributed by atoms with Crippen LogP contribution in [-0.2, 0) is 20.8 Å². The fourth-order valence-corrected chi connectivity index (χ4v) is 4.88. The summed E-state index contributed by atoms with van der Waals surface area (Å²) in [6.07, 6.45) is 5.07. The van der Waals surface area contributed by atoms with E-state index < -0.39 is 36.5 Å². The molecule has 0 aliphatic rings. The number of carbonyl (C=O) groups excluding carboxylic acids is 3. The monoisotopic (exact) mass is 587 g/mol. The van der Waals surface area contributed by atoms with Crippen molar-refractivity contribution in [2.24, 2.45) is 0 Å². The molecule has 1 unspecified atom stereocenters. The van der Waals surface area contributed by atoms with E-state index in [9.17, 15) is 19.4 Å². The Labute approximate surface area is 251 Å². The predicted molar refractivity (Wildman–Crippen MR) is 166 cm³/mol. The number of aromatic amines is 1. The zero-order valence-corrected chi connectivity index (χ0v) is 25.2. The van der Waals surface area contributed by atoms with E-state index in [2.05, 4.69) is 25.8 Å². The zero-order valence-electron chi connectivity index (χ0n) is 25.2. The highest BCUT2D eigenvalue weighted by molar-refractivity contribution is 6.46. The van der Waals surface area contributed by atoms with Gasteiger partial charge in [-0.05, 0) is 50.0 Å². The van der Waals surface area contributed by atoms with Gasteiger partial charge in [0.15, 0.2) is 5.82 Å². The third-order valence-electron chi connectivity index (χ3n) is 7.12. The molecule has 3 amide bonds. The van der Waals surface area contributed by atoms with E-state index in [0.29, 0.717) is 11.3 Å². The highest BCUT2D eigenvalue weighted by Gasteiger charge is 2.33. The highest BCUT2D eigenvalue weighted by Crippen LogP contribution is 2.25. The van der Waals surface area contributed by atoms with E-state index in [0.717, 1.165) is 16.5 Å². The molecule has 4 rings (SSSR count). The molecule has 4 aromatic rings.